The maximum atomic E-state index is 13.3. The maximum Gasteiger partial charge on any atom is 0.261 e. The number of rotatable bonds is 9. The van der Waals surface area contributed by atoms with Gasteiger partial charge >= 0.3 is 0 Å². The van der Waals surface area contributed by atoms with Crippen LogP contribution in [0.3, 0.4) is 0 Å². The van der Waals surface area contributed by atoms with Gasteiger partial charge in [-0.3, -0.25) is 14.3 Å². The van der Waals surface area contributed by atoms with Crippen molar-refractivity contribution < 1.29 is 0 Å². The highest BCUT2D eigenvalue weighted by molar-refractivity contribution is 5.81. The minimum atomic E-state index is 0.0663. The van der Waals surface area contributed by atoms with Gasteiger partial charge in [0.25, 0.3) is 5.56 Å². The molecule has 7 heteroatoms. The van der Waals surface area contributed by atoms with Gasteiger partial charge in [-0.2, -0.15) is 0 Å². The van der Waals surface area contributed by atoms with Crippen LogP contribution in [0.4, 0.5) is 5.69 Å². The molecule has 1 fully saturated rings. The lowest BCUT2D eigenvalue weighted by atomic mass is 10.0. The third kappa shape index (κ3) is 5.02. The monoisotopic (exact) mass is 414 g/mol. The van der Waals surface area contributed by atoms with Crippen molar-refractivity contribution in [3.63, 3.8) is 0 Å². The van der Waals surface area contributed by atoms with E-state index in [2.05, 4.69) is 41.6 Å². The summed E-state index contributed by atoms with van der Waals surface area (Å²) in [5, 5.41) is 10.9. The molecule has 1 saturated heterocycles. The quantitative estimate of drug-likeness (QED) is 0.548. The van der Waals surface area contributed by atoms with Crippen molar-refractivity contribution in [2.75, 3.05) is 38.5 Å². The molecule has 1 aliphatic heterocycles. The molecule has 3 rings (SSSR count). The van der Waals surface area contributed by atoms with Crippen molar-refractivity contribution in [3.8, 4) is 0 Å². The highest BCUT2D eigenvalue weighted by Crippen LogP contribution is 2.27. The number of hydrogen-bond donors (Lipinski definition) is 3. The summed E-state index contributed by atoms with van der Waals surface area (Å²) in [4.78, 5) is 20.9. The standard InChI is InChI=1S/C23H38N6O/c1-6-8-21(28-14-16(3)26-17(4)15-28)22-27-20-13-18(25-12-11-24-5)9-10-19(20)23(30)29(22)7-2/h9-10,13,16-17,21,24-26H,6-8,11-12,14-15H2,1-5H3/t16-,17+,21?. The van der Waals surface area contributed by atoms with Crippen LogP contribution < -0.4 is 21.5 Å². The van der Waals surface area contributed by atoms with Crippen molar-refractivity contribution in [1.82, 2.24) is 25.1 Å². The fourth-order valence-corrected chi connectivity index (χ4v) is 4.61. The highest BCUT2D eigenvalue weighted by Gasteiger charge is 2.30. The van der Waals surface area contributed by atoms with Crippen LogP contribution in [0.2, 0.25) is 0 Å². The zero-order valence-electron chi connectivity index (χ0n) is 19.2. The second-order valence-electron chi connectivity index (χ2n) is 8.51. The lowest BCUT2D eigenvalue weighted by Crippen LogP contribution is -2.55. The van der Waals surface area contributed by atoms with E-state index in [0.29, 0.717) is 24.0 Å². The summed E-state index contributed by atoms with van der Waals surface area (Å²) in [6.07, 6.45) is 2.05. The van der Waals surface area contributed by atoms with Gasteiger partial charge in [0.05, 0.1) is 16.9 Å². The lowest BCUT2D eigenvalue weighted by Gasteiger charge is -2.41. The van der Waals surface area contributed by atoms with Crippen molar-refractivity contribution >= 4 is 16.6 Å². The molecule has 3 N–H and O–H groups in total. The number of hydrogen-bond acceptors (Lipinski definition) is 6. The smallest absolute Gasteiger partial charge is 0.261 e. The lowest BCUT2D eigenvalue weighted by molar-refractivity contribution is 0.109. The molecule has 30 heavy (non-hydrogen) atoms. The first-order chi connectivity index (χ1) is 14.5. The normalized spacial score (nSPS) is 21.1. The molecule has 0 saturated carbocycles. The SMILES string of the molecule is CCCC(c1nc2cc(NCCNC)ccc2c(=O)n1CC)N1C[C@@H](C)N[C@@H](C)C1. The van der Waals surface area contributed by atoms with E-state index in [1.165, 1.54) is 0 Å². The van der Waals surface area contributed by atoms with Gasteiger partial charge in [0.2, 0.25) is 0 Å². The summed E-state index contributed by atoms with van der Waals surface area (Å²) in [5.74, 6) is 0.908. The Morgan fingerprint density at radius 2 is 1.93 bits per heavy atom. The van der Waals surface area contributed by atoms with Crippen molar-refractivity contribution in [2.45, 2.75) is 65.2 Å². The van der Waals surface area contributed by atoms with Crippen LogP contribution in [-0.2, 0) is 6.54 Å². The Labute approximate surface area is 180 Å². The second kappa shape index (κ2) is 10.4. The first-order valence-electron chi connectivity index (χ1n) is 11.4. The van der Waals surface area contributed by atoms with Crippen molar-refractivity contribution in [3.05, 3.63) is 34.4 Å². The Bertz CT molecular complexity index is 885. The van der Waals surface area contributed by atoms with Crippen LogP contribution in [0.25, 0.3) is 10.9 Å². The molecule has 1 aliphatic rings. The number of likely N-dealkylation sites (N-methyl/N-ethyl adjacent to an activating group) is 1. The van der Waals surface area contributed by atoms with Gasteiger partial charge in [0.15, 0.2) is 0 Å². The topological polar surface area (TPSA) is 74.2 Å². The molecule has 0 amide bonds. The van der Waals surface area contributed by atoms with Gasteiger partial charge in [-0.25, -0.2) is 4.98 Å². The number of benzene rings is 1. The maximum absolute atomic E-state index is 13.3. The van der Waals surface area contributed by atoms with E-state index in [1.807, 2.05) is 36.7 Å². The predicted molar refractivity (Wildman–Crippen MR) is 125 cm³/mol. The average Bonchev–Trinajstić information content (AvgIpc) is 2.71. The van der Waals surface area contributed by atoms with Gasteiger partial charge in [0.1, 0.15) is 5.82 Å². The Morgan fingerprint density at radius 1 is 1.20 bits per heavy atom. The van der Waals surface area contributed by atoms with E-state index in [0.717, 1.165) is 56.0 Å². The number of aromatic nitrogens is 2. The summed E-state index contributed by atoms with van der Waals surface area (Å²) in [6, 6.07) is 6.91. The fourth-order valence-electron chi connectivity index (χ4n) is 4.61. The molecule has 2 heterocycles. The number of anilines is 1. The molecule has 1 aromatic carbocycles. The van der Waals surface area contributed by atoms with Crippen LogP contribution in [0.1, 0.15) is 52.4 Å². The molecule has 3 atom stereocenters. The summed E-state index contributed by atoms with van der Waals surface area (Å²) in [5.41, 5.74) is 1.85. The van der Waals surface area contributed by atoms with E-state index >= 15 is 0 Å². The van der Waals surface area contributed by atoms with E-state index in [-0.39, 0.29) is 11.6 Å². The Kier molecular flexibility index (Phi) is 7.86. The van der Waals surface area contributed by atoms with Crippen molar-refractivity contribution in [2.24, 2.45) is 0 Å². The van der Waals surface area contributed by atoms with E-state index in [1.54, 1.807) is 0 Å². The first kappa shape index (κ1) is 22.7. The van der Waals surface area contributed by atoms with Crippen LogP contribution in [0.15, 0.2) is 23.0 Å². The third-order valence-electron chi connectivity index (χ3n) is 5.89. The van der Waals surface area contributed by atoms with Gasteiger partial charge in [0, 0.05) is 50.5 Å². The minimum Gasteiger partial charge on any atom is -0.384 e. The van der Waals surface area contributed by atoms with Gasteiger partial charge in [-0.05, 0) is 52.4 Å². The highest BCUT2D eigenvalue weighted by atomic mass is 16.1. The third-order valence-corrected chi connectivity index (χ3v) is 5.89. The number of fused-ring (bicyclic) bond motifs is 1. The molecule has 166 valence electrons. The Balaban J connectivity index is 2.05. The summed E-state index contributed by atoms with van der Waals surface area (Å²) < 4.78 is 1.88. The zero-order valence-corrected chi connectivity index (χ0v) is 19.2. The molecule has 7 nitrogen and oxygen atoms in total. The van der Waals surface area contributed by atoms with Gasteiger partial charge in [-0.15, -0.1) is 0 Å². The number of nitrogens with zero attached hydrogens (tertiary/aromatic N) is 3. The van der Waals surface area contributed by atoms with E-state index in [9.17, 15) is 4.79 Å². The molecule has 1 unspecified atom stereocenters. The van der Waals surface area contributed by atoms with Gasteiger partial charge in [-0.1, -0.05) is 13.3 Å². The molecule has 1 aromatic heterocycles. The van der Waals surface area contributed by atoms with Crippen LogP contribution in [-0.4, -0.2) is 59.8 Å². The predicted octanol–water partition coefficient (Wildman–Crippen LogP) is 2.57. The molecule has 2 aromatic rings. The molecule has 0 radical (unpaired) electrons. The number of nitrogens with one attached hydrogen (secondary N) is 3. The summed E-state index contributed by atoms with van der Waals surface area (Å²) >= 11 is 0. The first-order valence-corrected chi connectivity index (χ1v) is 11.4. The molecule has 0 aliphatic carbocycles. The largest absolute Gasteiger partial charge is 0.384 e. The van der Waals surface area contributed by atoms with E-state index in [4.69, 9.17) is 4.98 Å². The Hall–Kier alpha value is -1.96. The second-order valence-corrected chi connectivity index (χ2v) is 8.51. The molecular formula is C23H38N6O. The zero-order chi connectivity index (χ0) is 21.7. The molecule has 0 spiro atoms. The Morgan fingerprint density at radius 3 is 2.57 bits per heavy atom. The summed E-state index contributed by atoms with van der Waals surface area (Å²) in [6.45, 7) is 13.0. The molecule has 0 bridgehead atoms. The van der Waals surface area contributed by atoms with E-state index < -0.39 is 0 Å². The fraction of sp³-hybridized carbons (Fsp3) is 0.652. The molecular weight excluding hydrogens is 376 g/mol. The van der Waals surface area contributed by atoms with Crippen molar-refractivity contribution in [1.29, 1.82) is 0 Å². The van der Waals surface area contributed by atoms with Crippen LogP contribution in [0.5, 0.6) is 0 Å². The number of piperazine rings is 1. The van der Waals surface area contributed by atoms with Gasteiger partial charge < -0.3 is 16.0 Å². The minimum absolute atomic E-state index is 0.0663. The van der Waals surface area contributed by atoms with Crippen LogP contribution in [0, 0.1) is 0 Å². The average molecular weight is 415 g/mol. The van der Waals surface area contributed by atoms with Crippen LogP contribution >= 0.6 is 0 Å². The summed E-state index contributed by atoms with van der Waals surface area (Å²) in [7, 11) is 1.94.